The lowest BCUT2D eigenvalue weighted by molar-refractivity contribution is 0.122. The van der Waals surface area contributed by atoms with Crippen molar-refractivity contribution in [2.75, 3.05) is 0 Å². The van der Waals surface area contributed by atoms with Crippen molar-refractivity contribution in [2.45, 2.75) is 45.2 Å². The van der Waals surface area contributed by atoms with Gasteiger partial charge in [0.15, 0.2) is 0 Å². The zero-order valence-corrected chi connectivity index (χ0v) is 9.86. The molecule has 4 nitrogen and oxygen atoms in total. The third-order valence-electron chi connectivity index (χ3n) is 5.09. The van der Waals surface area contributed by atoms with E-state index in [9.17, 15) is 9.59 Å². The fraction of sp³-hybridized carbons (Fsp3) is 0.833. The van der Waals surface area contributed by atoms with Gasteiger partial charge in [-0.1, -0.05) is 13.8 Å². The minimum absolute atomic E-state index is 0.0422. The first-order chi connectivity index (χ1) is 7.48. The van der Waals surface area contributed by atoms with Crippen molar-refractivity contribution in [3.8, 4) is 0 Å². The monoisotopic (exact) mass is 220 g/mol. The van der Waals surface area contributed by atoms with E-state index < -0.39 is 0 Å². The van der Waals surface area contributed by atoms with E-state index in [1.807, 2.05) is 6.92 Å². The highest BCUT2D eigenvalue weighted by molar-refractivity contribution is 5.38. The first kappa shape index (κ1) is 11.3. The molecular weight excluding hydrogens is 204 g/mol. The van der Waals surface area contributed by atoms with Crippen LogP contribution in [0.5, 0.6) is 0 Å². The van der Waals surface area contributed by atoms with Gasteiger partial charge in [0.1, 0.15) is 0 Å². The molecule has 0 aromatic carbocycles. The van der Waals surface area contributed by atoms with E-state index in [-0.39, 0.29) is 22.9 Å². The molecule has 0 N–H and O–H groups in total. The van der Waals surface area contributed by atoms with Crippen LogP contribution in [0, 0.1) is 17.3 Å². The Morgan fingerprint density at radius 2 is 1.88 bits per heavy atom. The van der Waals surface area contributed by atoms with Crippen LogP contribution in [0.15, 0.2) is 9.98 Å². The average molecular weight is 220 g/mol. The number of aliphatic imine (C=N–C) groups is 2. The van der Waals surface area contributed by atoms with Crippen LogP contribution in [0.3, 0.4) is 0 Å². The number of hydrogen-bond acceptors (Lipinski definition) is 4. The molecule has 0 aromatic rings. The molecule has 2 aliphatic rings. The molecule has 16 heavy (non-hydrogen) atoms. The molecule has 0 amide bonds. The van der Waals surface area contributed by atoms with E-state index in [1.54, 1.807) is 12.2 Å². The van der Waals surface area contributed by atoms with E-state index >= 15 is 0 Å². The minimum atomic E-state index is -0.353. The van der Waals surface area contributed by atoms with Crippen LogP contribution < -0.4 is 0 Å². The van der Waals surface area contributed by atoms with Crippen molar-refractivity contribution in [3.05, 3.63) is 0 Å². The molecule has 0 radical (unpaired) electrons. The quantitative estimate of drug-likeness (QED) is 0.526. The van der Waals surface area contributed by atoms with Gasteiger partial charge in [0, 0.05) is 0 Å². The smallest absolute Gasteiger partial charge is 0.211 e. The molecule has 0 heterocycles. The van der Waals surface area contributed by atoms with Crippen molar-refractivity contribution >= 4 is 12.2 Å². The van der Waals surface area contributed by atoms with E-state index in [2.05, 4.69) is 23.8 Å². The minimum Gasteiger partial charge on any atom is -0.211 e. The molecule has 2 aliphatic carbocycles. The third-order valence-corrected chi connectivity index (χ3v) is 5.09. The zero-order valence-electron chi connectivity index (χ0n) is 9.86. The molecule has 0 spiro atoms. The van der Waals surface area contributed by atoms with Crippen LogP contribution in [0.25, 0.3) is 0 Å². The van der Waals surface area contributed by atoms with E-state index in [0.717, 1.165) is 12.8 Å². The van der Waals surface area contributed by atoms with Gasteiger partial charge in [-0.2, -0.15) is 4.99 Å². The third kappa shape index (κ3) is 1.17. The summed E-state index contributed by atoms with van der Waals surface area (Å²) in [6.45, 7) is 6.23. The van der Waals surface area contributed by atoms with Gasteiger partial charge in [0.25, 0.3) is 0 Å². The van der Waals surface area contributed by atoms with Crippen molar-refractivity contribution in [1.82, 2.24) is 0 Å². The van der Waals surface area contributed by atoms with E-state index in [1.165, 1.54) is 0 Å². The lowest BCUT2D eigenvalue weighted by atomic mass is 9.66. The maximum atomic E-state index is 10.6. The highest BCUT2D eigenvalue weighted by atomic mass is 16.1. The number of fused-ring (bicyclic) bond motifs is 2. The van der Waals surface area contributed by atoms with Gasteiger partial charge in [-0.15, -0.1) is 0 Å². The topological polar surface area (TPSA) is 58.9 Å². The maximum absolute atomic E-state index is 10.6. The summed E-state index contributed by atoms with van der Waals surface area (Å²) in [4.78, 5) is 28.8. The Hall–Kier alpha value is -1.24. The van der Waals surface area contributed by atoms with E-state index in [4.69, 9.17) is 0 Å². The van der Waals surface area contributed by atoms with Crippen molar-refractivity contribution in [3.63, 3.8) is 0 Å². The van der Waals surface area contributed by atoms with Crippen LogP contribution in [-0.2, 0) is 9.59 Å². The van der Waals surface area contributed by atoms with Gasteiger partial charge in [0.05, 0.1) is 11.6 Å². The highest BCUT2D eigenvalue weighted by Crippen LogP contribution is 2.64. The normalized spacial score (nSPS) is 49.6. The van der Waals surface area contributed by atoms with Crippen molar-refractivity contribution in [2.24, 2.45) is 27.2 Å². The van der Waals surface area contributed by atoms with Gasteiger partial charge in [-0.05, 0) is 37.0 Å². The van der Waals surface area contributed by atoms with Gasteiger partial charge >= 0.3 is 0 Å². The molecule has 86 valence electrons. The van der Waals surface area contributed by atoms with Crippen LogP contribution >= 0.6 is 0 Å². The van der Waals surface area contributed by atoms with Crippen LogP contribution in [0.4, 0.5) is 0 Å². The summed E-state index contributed by atoms with van der Waals surface area (Å²) in [7, 11) is 0. The maximum Gasteiger partial charge on any atom is 0.235 e. The number of isocyanates is 2. The first-order valence-corrected chi connectivity index (χ1v) is 5.64. The lowest BCUT2D eigenvalue weighted by Gasteiger charge is -2.43. The van der Waals surface area contributed by atoms with E-state index in [0.29, 0.717) is 5.92 Å². The second-order valence-electron chi connectivity index (χ2n) is 5.56. The fourth-order valence-corrected chi connectivity index (χ4v) is 3.78. The summed E-state index contributed by atoms with van der Waals surface area (Å²) < 4.78 is 0. The van der Waals surface area contributed by atoms with Gasteiger partial charge in [0.2, 0.25) is 12.2 Å². The number of rotatable bonds is 2. The zero-order chi connectivity index (χ0) is 12.0. The Labute approximate surface area is 94.9 Å². The van der Waals surface area contributed by atoms with Gasteiger partial charge in [-0.25, -0.2) is 14.6 Å². The summed E-state index contributed by atoms with van der Waals surface area (Å²) in [6, 6.07) is 0.0624. The van der Waals surface area contributed by atoms with Crippen LogP contribution in [0.2, 0.25) is 0 Å². The van der Waals surface area contributed by atoms with Crippen LogP contribution in [0.1, 0.15) is 33.6 Å². The largest absolute Gasteiger partial charge is 0.235 e. The molecule has 5 atom stereocenters. The van der Waals surface area contributed by atoms with Crippen molar-refractivity contribution < 1.29 is 9.59 Å². The molecule has 0 aromatic heterocycles. The Morgan fingerprint density at radius 3 is 2.38 bits per heavy atom. The average Bonchev–Trinajstić information content (AvgIpc) is 2.64. The Kier molecular flexibility index (Phi) is 2.37. The summed E-state index contributed by atoms with van der Waals surface area (Å²) in [5.74, 6) is 0.600. The molecule has 2 rings (SSSR count). The van der Waals surface area contributed by atoms with Crippen molar-refractivity contribution in [1.29, 1.82) is 0 Å². The second-order valence-corrected chi connectivity index (χ2v) is 5.56. The highest BCUT2D eigenvalue weighted by Gasteiger charge is 2.65. The molecular formula is C12H16N2O2. The SMILES string of the molecule is CC1C2CC(C)(CC2N=C=O)C1(C)N=C=O. The Balaban J connectivity index is 2.40. The molecule has 0 saturated heterocycles. The molecule has 5 unspecified atom stereocenters. The Morgan fingerprint density at radius 1 is 1.19 bits per heavy atom. The molecule has 2 bridgehead atoms. The first-order valence-electron chi connectivity index (χ1n) is 5.64. The molecule has 2 saturated carbocycles. The fourth-order valence-electron chi connectivity index (χ4n) is 3.78. The summed E-state index contributed by atoms with van der Waals surface area (Å²) in [5, 5.41) is 0. The number of hydrogen-bond donors (Lipinski definition) is 0. The second kappa shape index (κ2) is 3.38. The predicted molar refractivity (Wildman–Crippen MR) is 58.4 cm³/mol. The number of carbonyl (C=O) groups excluding carboxylic acids is 2. The van der Waals surface area contributed by atoms with Gasteiger partial charge < -0.3 is 0 Å². The standard InChI is InChI=1S/C12H16N2O2/c1-8-9-4-11(2,5-10(9)13-6-15)12(8,3)14-7-16/h8-10H,4-5H2,1-3H3. The van der Waals surface area contributed by atoms with Crippen LogP contribution in [-0.4, -0.2) is 23.7 Å². The number of nitrogens with zero attached hydrogens (tertiary/aromatic N) is 2. The predicted octanol–water partition coefficient (Wildman–Crippen LogP) is 1.85. The molecule has 4 heteroatoms. The molecule has 2 fully saturated rings. The van der Waals surface area contributed by atoms with Gasteiger partial charge in [-0.3, -0.25) is 0 Å². The lowest BCUT2D eigenvalue weighted by Crippen LogP contribution is -2.47. The Bertz CT molecular complexity index is 409. The summed E-state index contributed by atoms with van der Waals surface area (Å²) in [5.41, 5.74) is -0.395. The molecule has 0 aliphatic heterocycles. The summed E-state index contributed by atoms with van der Waals surface area (Å²) >= 11 is 0. The summed E-state index contributed by atoms with van der Waals surface area (Å²) in [6.07, 6.45) is 5.16.